The summed E-state index contributed by atoms with van der Waals surface area (Å²) in [5.41, 5.74) is 0.344. The molecule has 0 radical (unpaired) electrons. The molecule has 10 saturated carbocycles. The van der Waals surface area contributed by atoms with E-state index in [1.54, 1.807) is 0 Å². The number of rotatable bonds is 0. The zero-order chi connectivity index (χ0) is 75.5. The number of cyclic esters (lactones) is 4. The highest BCUT2D eigenvalue weighted by atomic mass is 16.5. The normalized spacial score (nSPS) is 27.0. The van der Waals surface area contributed by atoms with Crippen LogP contribution >= 0.6 is 0 Å². The van der Waals surface area contributed by atoms with Crippen molar-refractivity contribution in [3.63, 3.8) is 0 Å². The van der Waals surface area contributed by atoms with Crippen LogP contribution in [0.5, 0.6) is 0 Å². The van der Waals surface area contributed by atoms with E-state index in [1.165, 1.54) is 135 Å². The van der Waals surface area contributed by atoms with Gasteiger partial charge in [0.2, 0.25) is 0 Å². The molecule has 0 aromatic heterocycles. The minimum Gasteiger partial charge on any atom is -0.466 e. The van der Waals surface area contributed by atoms with E-state index < -0.39 is 0 Å². The van der Waals surface area contributed by atoms with Gasteiger partial charge in [0.1, 0.15) is 23.1 Å². The molecule has 6 unspecified atom stereocenters. The van der Waals surface area contributed by atoms with Crippen molar-refractivity contribution in [3.05, 3.63) is 0 Å². The molecular weight excluding hydrogens is 1230 g/mol. The molecule has 10 aliphatic carbocycles. The zero-order valence-electron chi connectivity index (χ0n) is 68.4. The lowest BCUT2D eigenvalue weighted by molar-refractivity contribution is -0.147. The maximum atomic E-state index is 11.6. The molecule has 0 amide bonds. The molecule has 6 heterocycles. The predicted octanol–water partition coefficient (Wildman–Crippen LogP) is 22.7. The Balaban J connectivity index is -0.000000318. The molecule has 0 aromatic carbocycles. The third-order valence-electron chi connectivity index (χ3n) is 18.1. The number of ether oxygens (including phenoxy) is 6. The smallest absolute Gasteiger partial charge is 0.305 e. The summed E-state index contributed by atoms with van der Waals surface area (Å²) in [5.74, 6) is 8.69. The highest BCUT2D eigenvalue weighted by Crippen LogP contribution is 2.55. The monoisotopic (exact) mass is 1400 g/mol. The van der Waals surface area contributed by atoms with E-state index in [-0.39, 0.29) is 23.9 Å². The molecule has 6 saturated heterocycles. The van der Waals surface area contributed by atoms with Crippen LogP contribution in [0.25, 0.3) is 0 Å². The summed E-state index contributed by atoms with van der Waals surface area (Å²) in [5, 5.41) is 0. The SMILES string of the molecule is C1CCOC1.C1CCOCC1.CC.CC.CC.CC.CC.CC.CC1(C)C2CCC1C(=O)C2.CCC.CCC.CCC.CCC.O=C1C2CC3CC(C2)CC1C3.O=C1CC2CCC1C2.O=C1CC2CCC1C2.O=C1CCCCO1.O=C1CCCCO1.O=C1CCCO1.O=C1CCCO1. The number of carbonyl (C=O) groups excluding carboxylic acids is 8. The Labute approximate surface area is 605 Å². The lowest BCUT2D eigenvalue weighted by atomic mass is 9.56. The van der Waals surface area contributed by atoms with Crippen LogP contribution < -0.4 is 0 Å². The second-order valence-corrected chi connectivity index (χ2v) is 26.9. The molecule has 14 nitrogen and oxygen atoms in total. The van der Waals surface area contributed by atoms with Crippen LogP contribution in [0.1, 0.15) is 377 Å². The van der Waals surface area contributed by atoms with Crippen molar-refractivity contribution in [2.45, 2.75) is 377 Å². The van der Waals surface area contributed by atoms with Crippen molar-refractivity contribution in [2.75, 3.05) is 52.9 Å². The number of Topliss-reactive ketones (excluding diaryl/α,β-unsaturated/α-hetero) is 4. The first-order valence-electron chi connectivity index (χ1n) is 41.3. The summed E-state index contributed by atoms with van der Waals surface area (Å²) < 4.78 is 28.3. The number of carbonyl (C=O) groups is 8. The summed E-state index contributed by atoms with van der Waals surface area (Å²) in [6.07, 6.45) is 39.0. The van der Waals surface area contributed by atoms with Gasteiger partial charge in [0.05, 0.1) is 26.4 Å². The zero-order valence-corrected chi connectivity index (χ0v) is 68.4. The van der Waals surface area contributed by atoms with Crippen molar-refractivity contribution < 1.29 is 66.8 Å². The number of esters is 4. The number of ketones is 4. The average Bonchev–Trinajstić information content (AvgIpc) is 1.35. The molecule has 0 spiro atoms. The molecule has 16 aliphatic rings. The van der Waals surface area contributed by atoms with Crippen LogP contribution in [0.4, 0.5) is 0 Å². The van der Waals surface area contributed by atoms with Gasteiger partial charge < -0.3 is 28.4 Å². The van der Waals surface area contributed by atoms with Crippen LogP contribution in [0.15, 0.2) is 0 Å². The van der Waals surface area contributed by atoms with Crippen molar-refractivity contribution in [2.24, 2.45) is 64.6 Å². The standard InChI is InChI=1S/C10H14O.C9H14O.2C7H10O.2C5H8O2.C5H10O.2C4H6O2.C4H8O.4C3H8.6C2H6/c11-10-8-2-6-1-7(4-8)5-9(10)3-6;1-9(2)6-3-4-7(9)8(10)5-6;2*8-7-4-5-1-2-6(7)3-5;2*6-5-3-1-2-4-7-5;1-2-4-6-5-3-1;2*5-4-2-1-3-6-4;1-2-4-5-3-1;4*1-3-2;6*1-2/h6-9H,1-5H2;6-7H,3-5H2,1-2H3;2*5-6H,1-4H2;2*1-4H2;1-5H2;2*1-3H2;1-4H2;4*3H2,1-2H3;6*1-2H3. The van der Waals surface area contributed by atoms with Gasteiger partial charge in [0, 0.05) is 101 Å². The molecule has 0 N–H and O–H groups in total. The summed E-state index contributed by atoms with van der Waals surface area (Å²) >= 11 is 0. The molecule has 0 aromatic rings. The minimum atomic E-state index is -0.0463. The van der Waals surface area contributed by atoms with Crippen LogP contribution in [0.2, 0.25) is 0 Å². The fourth-order valence-corrected chi connectivity index (χ4v) is 13.8. The summed E-state index contributed by atoms with van der Waals surface area (Å²) in [6, 6.07) is 0. The Hall–Kier alpha value is -3.52. The van der Waals surface area contributed by atoms with Crippen LogP contribution in [0.3, 0.4) is 0 Å². The Bertz CT molecular complexity index is 1730. The Morgan fingerprint density at radius 3 is 0.724 bits per heavy atom. The first-order chi connectivity index (χ1) is 47.4. The third-order valence-corrected chi connectivity index (χ3v) is 18.1. The largest absolute Gasteiger partial charge is 0.466 e. The first kappa shape index (κ1) is 103. The van der Waals surface area contributed by atoms with Gasteiger partial charge in [-0.3, -0.25) is 38.4 Å². The molecule has 14 heteroatoms. The lowest BCUT2D eigenvalue weighted by Gasteiger charge is -2.48. The Kier molecular flexibility index (Phi) is 75.6. The summed E-state index contributed by atoms with van der Waals surface area (Å²) in [4.78, 5) is 85.0. The predicted molar refractivity (Wildman–Crippen MR) is 409 cm³/mol. The van der Waals surface area contributed by atoms with Gasteiger partial charge in [-0.2, -0.15) is 0 Å². The van der Waals surface area contributed by atoms with Gasteiger partial charge in [-0.05, 0) is 189 Å². The second-order valence-electron chi connectivity index (χ2n) is 26.9. The van der Waals surface area contributed by atoms with Crippen LogP contribution in [-0.2, 0) is 66.8 Å². The van der Waals surface area contributed by atoms with Gasteiger partial charge in [0.25, 0.3) is 0 Å². The molecule has 16 rings (SSSR count). The lowest BCUT2D eigenvalue weighted by Crippen LogP contribution is -2.45. The Morgan fingerprint density at radius 1 is 0.296 bits per heavy atom. The number of hydrogen-bond donors (Lipinski definition) is 0. The molecular formula is C84H162O14. The van der Waals surface area contributed by atoms with Crippen LogP contribution in [0, 0.1) is 64.6 Å². The summed E-state index contributed by atoms with van der Waals surface area (Å²) in [6.45, 7) is 52.1. The third kappa shape index (κ3) is 49.9. The van der Waals surface area contributed by atoms with E-state index in [0.29, 0.717) is 116 Å². The maximum absolute atomic E-state index is 11.6. The molecule has 6 atom stereocenters. The number of fused-ring (bicyclic) bond motifs is 6. The quantitative estimate of drug-likeness (QED) is 0.164. The van der Waals surface area contributed by atoms with E-state index in [0.717, 1.165) is 114 Å². The van der Waals surface area contributed by atoms with Crippen LogP contribution in [-0.4, -0.2) is 99.9 Å². The molecule has 10 bridgehead atoms. The molecule has 16 fully saturated rings. The van der Waals surface area contributed by atoms with Crippen molar-refractivity contribution in [1.29, 1.82) is 0 Å². The van der Waals surface area contributed by atoms with Crippen molar-refractivity contribution >= 4 is 47.0 Å². The Morgan fingerprint density at radius 2 is 0.582 bits per heavy atom. The topological polar surface area (TPSA) is 192 Å². The van der Waals surface area contributed by atoms with E-state index in [2.05, 4.69) is 88.2 Å². The first-order valence-corrected chi connectivity index (χ1v) is 41.3. The number of hydrogen-bond acceptors (Lipinski definition) is 14. The van der Waals surface area contributed by atoms with E-state index >= 15 is 0 Å². The van der Waals surface area contributed by atoms with E-state index in [9.17, 15) is 38.4 Å². The summed E-state index contributed by atoms with van der Waals surface area (Å²) in [7, 11) is 0. The molecule has 582 valence electrons. The van der Waals surface area contributed by atoms with E-state index in [1.807, 2.05) is 83.1 Å². The highest BCUT2D eigenvalue weighted by molar-refractivity contribution is 5.86. The van der Waals surface area contributed by atoms with Gasteiger partial charge in [0.15, 0.2) is 0 Å². The van der Waals surface area contributed by atoms with Gasteiger partial charge in [-0.15, -0.1) is 0 Å². The van der Waals surface area contributed by atoms with E-state index in [4.69, 9.17) is 9.47 Å². The average molecular weight is 1400 g/mol. The fourth-order valence-electron chi connectivity index (χ4n) is 13.8. The fraction of sp³-hybridized carbons (Fsp3) is 0.905. The molecule has 6 aliphatic heterocycles. The second kappa shape index (κ2) is 71.9. The van der Waals surface area contributed by atoms with Crippen molar-refractivity contribution in [3.8, 4) is 0 Å². The van der Waals surface area contributed by atoms with Gasteiger partial charge in [-0.1, -0.05) is 178 Å². The highest BCUT2D eigenvalue weighted by Gasteiger charge is 2.53. The maximum Gasteiger partial charge on any atom is 0.305 e. The minimum absolute atomic E-state index is 0.0359. The van der Waals surface area contributed by atoms with Gasteiger partial charge in [-0.25, -0.2) is 0 Å². The van der Waals surface area contributed by atoms with Gasteiger partial charge >= 0.3 is 23.9 Å². The van der Waals surface area contributed by atoms with Crippen molar-refractivity contribution in [1.82, 2.24) is 0 Å². The molecule has 98 heavy (non-hydrogen) atoms.